The first-order valence-electron chi connectivity index (χ1n) is 6.63. The van der Waals surface area contributed by atoms with Gasteiger partial charge in [0.1, 0.15) is 12.4 Å². The molecule has 0 radical (unpaired) electrons. The highest BCUT2D eigenvalue weighted by molar-refractivity contribution is 9.10. The lowest BCUT2D eigenvalue weighted by atomic mass is 10.3. The summed E-state index contributed by atoms with van der Waals surface area (Å²) in [6.45, 7) is 4.73. The second kappa shape index (κ2) is 12.3. The van der Waals surface area contributed by atoms with E-state index >= 15 is 0 Å². The van der Waals surface area contributed by atoms with Gasteiger partial charge in [0.2, 0.25) is 0 Å². The van der Waals surface area contributed by atoms with Gasteiger partial charge < -0.3 is 20.3 Å². The summed E-state index contributed by atoms with van der Waals surface area (Å²) in [5, 5.41) is 18.7. The second-order valence-electron chi connectivity index (χ2n) is 4.14. The van der Waals surface area contributed by atoms with Crippen molar-refractivity contribution in [3.8, 4) is 5.75 Å². The number of ether oxygens (including phenoxy) is 1. The Balaban J connectivity index is 0.000000626. The number of carboxylic acids is 2. The van der Waals surface area contributed by atoms with Gasteiger partial charge in [0.15, 0.2) is 0 Å². The van der Waals surface area contributed by atoms with Crippen LogP contribution in [0.25, 0.3) is 0 Å². The van der Waals surface area contributed by atoms with Gasteiger partial charge in [-0.1, -0.05) is 40.9 Å². The zero-order chi connectivity index (χ0) is 17.0. The number of hydrogen-bond acceptors (Lipinski definition) is 4. The topological polar surface area (TPSA) is 95.9 Å². The molecule has 6 nitrogen and oxygen atoms in total. The van der Waals surface area contributed by atoms with Crippen molar-refractivity contribution >= 4 is 39.5 Å². The van der Waals surface area contributed by atoms with Crippen LogP contribution in [0.1, 0.15) is 19.8 Å². The van der Waals surface area contributed by atoms with E-state index < -0.39 is 11.9 Å². The Kier molecular flexibility index (Phi) is 11.5. The van der Waals surface area contributed by atoms with Crippen LogP contribution in [0.3, 0.4) is 0 Å². The molecule has 0 amide bonds. The highest BCUT2D eigenvalue weighted by Crippen LogP contribution is 2.27. The minimum absolute atomic E-state index is 0.642. The molecule has 0 spiro atoms. The number of benzene rings is 1. The van der Waals surface area contributed by atoms with Gasteiger partial charge in [0.25, 0.3) is 0 Å². The quantitative estimate of drug-likeness (QED) is 0.484. The molecule has 0 aromatic heterocycles. The normalized spacial score (nSPS) is 9.59. The minimum atomic E-state index is -1.82. The highest BCUT2D eigenvalue weighted by atomic mass is 79.9. The smallest absolute Gasteiger partial charge is 0.414 e. The highest BCUT2D eigenvalue weighted by Gasteiger charge is 2.04. The van der Waals surface area contributed by atoms with E-state index in [1.54, 1.807) is 0 Å². The molecule has 0 aliphatic heterocycles. The summed E-state index contributed by atoms with van der Waals surface area (Å²) in [5.74, 6) is -2.91. The fourth-order valence-electron chi connectivity index (χ4n) is 1.25. The van der Waals surface area contributed by atoms with Gasteiger partial charge >= 0.3 is 11.9 Å². The summed E-state index contributed by atoms with van der Waals surface area (Å²) in [7, 11) is 0. The van der Waals surface area contributed by atoms with Crippen LogP contribution in [0.5, 0.6) is 5.75 Å². The predicted molar refractivity (Wildman–Crippen MR) is 87.7 cm³/mol. The molecule has 0 unspecified atom stereocenters. The van der Waals surface area contributed by atoms with Crippen molar-refractivity contribution in [1.82, 2.24) is 5.32 Å². The third-order valence-electron chi connectivity index (χ3n) is 2.32. The molecule has 0 aliphatic rings. The summed E-state index contributed by atoms with van der Waals surface area (Å²) in [6.07, 6.45) is 2.42. The maximum absolute atomic E-state index is 9.10. The molecular formula is C14H19BrClNO5. The Labute approximate surface area is 142 Å². The van der Waals surface area contributed by atoms with Gasteiger partial charge in [-0.2, -0.15) is 0 Å². The van der Waals surface area contributed by atoms with Gasteiger partial charge in [0, 0.05) is 11.0 Å². The van der Waals surface area contributed by atoms with Gasteiger partial charge in [-0.05, 0) is 31.2 Å². The number of carboxylic acid groups (broad SMARTS) is 2. The Bertz CT molecular complexity index is 472. The first-order valence-corrected chi connectivity index (χ1v) is 7.80. The molecule has 1 aromatic carbocycles. The van der Waals surface area contributed by atoms with Crippen LogP contribution in [0.15, 0.2) is 22.7 Å². The second-order valence-corrected chi connectivity index (χ2v) is 5.46. The van der Waals surface area contributed by atoms with Crippen molar-refractivity contribution in [2.45, 2.75) is 19.8 Å². The van der Waals surface area contributed by atoms with E-state index in [1.165, 1.54) is 12.8 Å². The Morgan fingerprint density at radius 2 is 1.91 bits per heavy atom. The fraction of sp³-hybridized carbons (Fsp3) is 0.429. The number of aliphatic carboxylic acids is 2. The first-order chi connectivity index (χ1) is 10.4. The molecule has 0 saturated heterocycles. The van der Waals surface area contributed by atoms with Gasteiger partial charge in [-0.3, -0.25) is 0 Å². The third kappa shape index (κ3) is 10.4. The van der Waals surface area contributed by atoms with Crippen LogP contribution in [-0.2, 0) is 9.59 Å². The molecular weight excluding hydrogens is 378 g/mol. The monoisotopic (exact) mass is 395 g/mol. The van der Waals surface area contributed by atoms with Crippen molar-refractivity contribution in [1.29, 1.82) is 0 Å². The van der Waals surface area contributed by atoms with Crippen LogP contribution < -0.4 is 10.1 Å². The van der Waals surface area contributed by atoms with E-state index in [2.05, 4.69) is 28.2 Å². The molecule has 3 N–H and O–H groups in total. The third-order valence-corrected chi connectivity index (χ3v) is 3.11. The molecule has 0 fully saturated rings. The van der Waals surface area contributed by atoms with Crippen LogP contribution in [0.4, 0.5) is 0 Å². The largest absolute Gasteiger partial charge is 0.491 e. The van der Waals surface area contributed by atoms with E-state index in [4.69, 9.17) is 36.1 Å². The minimum Gasteiger partial charge on any atom is -0.491 e. The molecule has 124 valence electrons. The Hall–Kier alpha value is -1.31. The maximum Gasteiger partial charge on any atom is 0.414 e. The summed E-state index contributed by atoms with van der Waals surface area (Å²) in [5.41, 5.74) is 0. The lowest BCUT2D eigenvalue weighted by Crippen LogP contribution is -2.22. The summed E-state index contributed by atoms with van der Waals surface area (Å²) in [6, 6.07) is 5.63. The standard InChI is InChI=1S/C12H17BrClNO.C2H2O4/c1-2-3-6-15-7-8-16-12-5-4-10(13)9-11(12)14;3-1(4)2(5)6/h4-5,9,15H,2-3,6-8H2,1H3;(H,3,4)(H,5,6). The molecule has 0 saturated carbocycles. The number of rotatable bonds is 7. The predicted octanol–water partition coefficient (Wildman–Crippen LogP) is 3.03. The molecule has 0 aliphatic carbocycles. The van der Waals surface area contributed by atoms with Crippen molar-refractivity contribution in [3.05, 3.63) is 27.7 Å². The van der Waals surface area contributed by atoms with Crippen LogP contribution in [0, 0.1) is 0 Å². The molecule has 22 heavy (non-hydrogen) atoms. The van der Waals surface area contributed by atoms with Crippen LogP contribution >= 0.6 is 27.5 Å². The number of unbranched alkanes of at least 4 members (excludes halogenated alkanes) is 1. The summed E-state index contributed by atoms with van der Waals surface area (Å²) in [4.78, 5) is 18.2. The lowest BCUT2D eigenvalue weighted by Gasteiger charge is -2.08. The summed E-state index contributed by atoms with van der Waals surface area (Å²) >= 11 is 9.37. The van der Waals surface area contributed by atoms with E-state index in [0.29, 0.717) is 11.6 Å². The Morgan fingerprint density at radius 3 is 2.41 bits per heavy atom. The molecule has 1 aromatic rings. The van der Waals surface area contributed by atoms with E-state index in [0.717, 1.165) is 23.3 Å². The number of nitrogens with one attached hydrogen (secondary N) is 1. The van der Waals surface area contributed by atoms with Gasteiger partial charge in [-0.15, -0.1) is 0 Å². The van der Waals surface area contributed by atoms with Crippen molar-refractivity contribution < 1.29 is 24.5 Å². The lowest BCUT2D eigenvalue weighted by molar-refractivity contribution is -0.159. The maximum atomic E-state index is 9.10. The molecule has 1 rings (SSSR count). The van der Waals surface area contributed by atoms with E-state index in [1.807, 2.05) is 18.2 Å². The molecule has 8 heteroatoms. The van der Waals surface area contributed by atoms with Crippen molar-refractivity contribution in [2.24, 2.45) is 0 Å². The summed E-state index contributed by atoms with van der Waals surface area (Å²) < 4.78 is 6.52. The number of halogens is 2. The fourth-order valence-corrected chi connectivity index (χ4v) is 1.98. The van der Waals surface area contributed by atoms with Gasteiger partial charge in [-0.25, -0.2) is 9.59 Å². The average molecular weight is 397 g/mol. The van der Waals surface area contributed by atoms with Crippen LogP contribution in [-0.4, -0.2) is 41.8 Å². The average Bonchev–Trinajstić information content (AvgIpc) is 2.45. The SMILES string of the molecule is CCCCNCCOc1ccc(Br)cc1Cl.O=C(O)C(=O)O. The van der Waals surface area contributed by atoms with E-state index in [9.17, 15) is 0 Å². The zero-order valence-electron chi connectivity index (χ0n) is 12.1. The van der Waals surface area contributed by atoms with Crippen molar-refractivity contribution in [3.63, 3.8) is 0 Å². The Morgan fingerprint density at radius 1 is 1.27 bits per heavy atom. The molecule has 0 heterocycles. The number of carbonyl (C=O) groups is 2. The van der Waals surface area contributed by atoms with Gasteiger partial charge in [0.05, 0.1) is 5.02 Å². The molecule has 0 atom stereocenters. The van der Waals surface area contributed by atoms with Crippen LogP contribution in [0.2, 0.25) is 5.02 Å². The van der Waals surface area contributed by atoms with Crippen molar-refractivity contribution in [2.75, 3.05) is 19.7 Å². The molecule has 0 bridgehead atoms. The first kappa shape index (κ1) is 20.7. The zero-order valence-corrected chi connectivity index (χ0v) is 14.5. The number of hydrogen-bond donors (Lipinski definition) is 3. The van der Waals surface area contributed by atoms with E-state index in [-0.39, 0.29) is 0 Å².